The van der Waals surface area contributed by atoms with E-state index in [0.29, 0.717) is 13.1 Å². The van der Waals surface area contributed by atoms with Gasteiger partial charge in [0.1, 0.15) is 0 Å². The van der Waals surface area contributed by atoms with Gasteiger partial charge < -0.3 is 4.90 Å². The third kappa shape index (κ3) is 3.10. The number of hydrogen-bond donors (Lipinski definition) is 0. The third-order valence-electron chi connectivity index (χ3n) is 5.60. The number of guanidine groups is 1. The molecule has 0 saturated carbocycles. The maximum absolute atomic E-state index is 13.4. The molecule has 1 aromatic carbocycles. The first kappa shape index (κ1) is 17.1. The van der Waals surface area contributed by atoms with Crippen LogP contribution < -0.4 is 0 Å². The first-order valence-electron chi connectivity index (χ1n) is 9.80. The highest BCUT2D eigenvalue weighted by Crippen LogP contribution is 2.32. The zero-order valence-corrected chi connectivity index (χ0v) is 15.8. The van der Waals surface area contributed by atoms with Crippen molar-refractivity contribution in [3.8, 4) is 0 Å². The van der Waals surface area contributed by atoms with Crippen LogP contribution in [0.4, 0.5) is 0 Å². The molecule has 0 radical (unpaired) electrons. The molecule has 4 heterocycles. The number of benzene rings is 1. The molecule has 0 spiro atoms. The number of nitrogens with zero attached hydrogens (tertiary/aromatic N) is 5. The number of aromatic nitrogens is 1. The maximum atomic E-state index is 13.4. The van der Waals surface area contributed by atoms with Crippen molar-refractivity contribution in [2.45, 2.75) is 19.5 Å². The molecular weight excluding hydrogens is 350 g/mol. The molecule has 0 aliphatic carbocycles. The molecule has 2 aromatic rings. The number of carbonyl (C=O) groups is 1. The van der Waals surface area contributed by atoms with Crippen LogP contribution in [0.5, 0.6) is 0 Å². The number of rotatable bonds is 4. The summed E-state index contributed by atoms with van der Waals surface area (Å²) in [4.78, 5) is 28.7. The highest BCUT2D eigenvalue weighted by molar-refractivity contribution is 6.09. The van der Waals surface area contributed by atoms with Gasteiger partial charge in [-0.05, 0) is 17.2 Å². The van der Waals surface area contributed by atoms with Gasteiger partial charge in [0.15, 0.2) is 0 Å². The zero-order chi connectivity index (χ0) is 18.9. The molecule has 28 heavy (non-hydrogen) atoms. The van der Waals surface area contributed by atoms with Crippen molar-refractivity contribution < 1.29 is 4.79 Å². The molecular formula is C22H23N5O. The van der Waals surface area contributed by atoms with Gasteiger partial charge in [-0.2, -0.15) is 0 Å². The summed E-state index contributed by atoms with van der Waals surface area (Å²) < 4.78 is 0. The van der Waals surface area contributed by atoms with Crippen LogP contribution >= 0.6 is 0 Å². The molecule has 5 rings (SSSR count). The lowest BCUT2D eigenvalue weighted by Crippen LogP contribution is -2.53. The van der Waals surface area contributed by atoms with E-state index < -0.39 is 0 Å². The predicted molar refractivity (Wildman–Crippen MR) is 107 cm³/mol. The molecule has 1 aromatic heterocycles. The summed E-state index contributed by atoms with van der Waals surface area (Å²) in [6.45, 7) is 4.65. The number of pyridine rings is 1. The summed E-state index contributed by atoms with van der Waals surface area (Å²) in [5.41, 5.74) is 4.40. The van der Waals surface area contributed by atoms with E-state index in [2.05, 4.69) is 44.0 Å². The SMILES string of the molecule is O=C1C2=C(CCN(Cc3ccccc3)C2)N2CCN=C2N1Cc1cccnc1. The van der Waals surface area contributed by atoms with Crippen molar-refractivity contribution in [3.05, 3.63) is 77.3 Å². The molecule has 0 fully saturated rings. The van der Waals surface area contributed by atoms with E-state index in [4.69, 9.17) is 0 Å². The number of aliphatic imine (C=N–C) groups is 1. The second-order valence-electron chi connectivity index (χ2n) is 7.46. The largest absolute Gasteiger partial charge is 0.314 e. The zero-order valence-electron chi connectivity index (χ0n) is 15.8. The van der Waals surface area contributed by atoms with Gasteiger partial charge in [0.05, 0.1) is 18.7 Å². The van der Waals surface area contributed by atoms with Crippen LogP contribution in [0.2, 0.25) is 0 Å². The van der Waals surface area contributed by atoms with Gasteiger partial charge in [0.2, 0.25) is 5.96 Å². The van der Waals surface area contributed by atoms with Crippen LogP contribution in [0.1, 0.15) is 17.5 Å². The fourth-order valence-corrected chi connectivity index (χ4v) is 4.27. The van der Waals surface area contributed by atoms with Crippen LogP contribution in [0.25, 0.3) is 0 Å². The van der Waals surface area contributed by atoms with E-state index in [1.54, 1.807) is 6.20 Å². The third-order valence-corrected chi connectivity index (χ3v) is 5.60. The highest BCUT2D eigenvalue weighted by atomic mass is 16.2. The van der Waals surface area contributed by atoms with Crippen LogP contribution in [-0.4, -0.2) is 57.7 Å². The lowest BCUT2D eigenvalue weighted by molar-refractivity contribution is -0.125. The van der Waals surface area contributed by atoms with Crippen molar-refractivity contribution in [2.24, 2.45) is 4.99 Å². The average Bonchev–Trinajstić information content (AvgIpc) is 3.22. The Morgan fingerprint density at radius 3 is 2.64 bits per heavy atom. The molecule has 142 valence electrons. The quantitative estimate of drug-likeness (QED) is 0.825. The van der Waals surface area contributed by atoms with Crippen molar-refractivity contribution in [3.63, 3.8) is 0 Å². The molecule has 3 aliphatic rings. The monoisotopic (exact) mass is 373 g/mol. The van der Waals surface area contributed by atoms with Gasteiger partial charge in [-0.15, -0.1) is 0 Å². The van der Waals surface area contributed by atoms with E-state index in [9.17, 15) is 4.79 Å². The second kappa shape index (κ2) is 7.20. The van der Waals surface area contributed by atoms with Gasteiger partial charge in [-0.3, -0.25) is 24.6 Å². The topological polar surface area (TPSA) is 52.0 Å². The lowest BCUT2D eigenvalue weighted by Gasteiger charge is -2.42. The number of hydrogen-bond acceptors (Lipinski definition) is 5. The molecule has 1 amide bonds. The molecule has 0 bridgehead atoms. The summed E-state index contributed by atoms with van der Waals surface area (Å²) in [5, 5.41) is 0. The Balaban J connectivity index is 1.41. The number of amides is 1. The Morgan fingerprint density at radius 2 is 1.82 bits per heavy atom. The molecule has 6 nitrogen and oxygen atoms in total. The predicted octanol–water partition coefficient (Wildman–Crippen LogP) is 2.26. The van der Waals surface area contributed by atoms with Gasteiger partial charge in [0.25, 0.3) is 5.91 Å². The minimum absolute atomic E-state index is 0.0912. The number of fused-ring (bicyclic) bond motifs is 2. The highest BCUT2D eigenvalue weighted by Gasteiger charge is 2.40. The molecule has 0 N–H and O–H groups in total. The summed E-state index contributed by atoms with van der Waals surface area (Å²) in [6, 6.07) is 14.4. The van der Waals surface area contributed by atoms with E-state index in [0.717, 1.165) is 49.7 Å². The first-order valence-corrected chi connectivity index (χ1v) is 9.80. The smallest absolute Gasteiger partial charge is 0.259 e. The Bertz CT molecular complexity index is 938. The summed E-state index contributed by atoms with van der Waals surface area (Å²) in [7, 11) is 0. The molecule has 3 aliphatic heterocycles. The minimum atomic E-state index is 0.0912. The molecule has 0 unspecified atom stereocenters. The van der Waals surface area contributed by atoms with E-state index in [1.165, 1.54) is 11.3 Å². The summed E-state index contributed by atoms with van der Waals surface area (Å²) in [6.07, 6.45) is 4.47. The van der Waals surface area contributed by atoms with Crippen LogP contribution in [0.3, 0.4) is 0 Å². The molecule has 0 saturated heterocycles. The standard InChI is InChI=1S/C22H23N5O/c28-21-19-16-25(14-17-5-2-1-3-6-17)11-8-20(19)26-12-10-24-22(26)27(21)15-18-7-4-9-23-13-18/h1-7,9,13H,8,10-12,14-16H2. The Labute approximate surface area is 164 Å². The van der Waals surface area contributed by atoms with Crippen LogP contribution in [0.15, 0.2) is 71.1 Å². The van der Waals surface area contributed by atoms with Crippen LogP contribution in [0, 0.1) is 0 Å². The van der Waals surface area contributed by atoms with Crippen molar-refractivity contribution in [2.75, 3.05) is 26.2 Å². The van der Waals surface area contributed by atoms with E-state index in [1.807, 2.05) is 29.3 Å². The maximum Gasteiger partial charge on any atom is 0.259 e. The van der Waals surface area contributed by atoms with Gasteiger partial charge >= 0.3 is 0 Å². The molecule has 6 heteroatoms. The molecule has 0 atom stereocenters. The first-order chi connectivity index (χ1) is 13.8. The number of carbonyl (C=O) groups excluding carboxylic acids is 1. The Kier molecular flexibility index (Phi) is 4.41. The normalized spacial score (nSPS) is 19.6. The van der Waals surface area contributed by atoms with Gasteiger partial charge in [-0.1, -0.05) is 36.4 Å². The van der Waals surface area contributed by atoms with Gasteiger partial charge in [-0.25, -0.2) is 0 Å². The van der Waals surface area contributed by atoms with Gasteiger partial charge in [0, 0.05) is 50.7 Å². The van der Waals surface area contributed by atoms with Crippen LogP contribution in [-0.2, 0) is 17.9 Å². The second-order valence-corrected chi connectivity index (χ2v) is 7.46. The Hall–Kier alpha value is -2.99. The van der Waals surface area contributed by atoms with Crippen molar-refractivity contribution in [1.82, 2.24) is 19.7 Å². The summed E-state index contributed by atoms with van der Waals surface area (Å²) in [5.74, 6) is 0.901. The van der Waals surface area contributed by atoms with Crippen molar-refractivity contribution >= 4 is 11.9 Å². The summed E-state index contributed by atoms with van der Waals surface area (Å²) >= 11 is 0. The van der Waals surface area contributed by atoms with Crippen molar-refractivity contribution in [1.29, 1.82) is 0 Å². The Morgan fingerprint density at radius 1 is 0.964 bits per heavy atom. The fourth-order valence-electron chi connectivity index (χ4n) is 4.27. The minimum Gasteiger partial charge on any atom is -0.314 e. The lowest BCUT2D eigenvalue weighted by atomic mass is 10.00. The fraction of sp³-hybridized carbons (Fsp3) is 0.318. The average molecular weight is 373 g/mol. The van der Waals surface area contributed by atoms with E-state index in [-0.39, 0.29) is 5.91 Å². The van der Waals surface area contributed by atoms with E-state index >= 15 is 0 Å².